The third kappa shape index (κ3) is 3.18. The number of hydrogen-bond acceptors (Lipinski definition) is 10. The quantitative estimate of drug-likeness (QED) is 0.437. The van der Waals surface area contributed by atoms with E-state index in [-0.39, 0.29) is 17.8 Å². The molecule has 1 spiro atoms. The van der Waals surface area contributed by atoms with Crippen LogP contribution in [0.25, 0.3) is 0 Å². The zero-order chi connectivity index (χ0) is 22.1. The van der Waals surface area contributed by atoms with Gasteiger partial charge in [-0.1, -0.05) is 13.8 Å². The maximum atomic E-state index is 10.5. The third-order valence-electron chi connectivity index (χ3n) is 8.14. The molecule has 176 valence electrons. The molecule has 10 heteroatoms. The fourth-order valence-corrected chi connectivity index (χ4v) is 6.29. The first-order chi connectivity index (χ1) is 14.7. The minimum absolute atomic E-state index is 0.0164. The van der Waals surface area contributed by atoms with Crippen molar-refractivity contribution in [2.45, 2.75) is 94.8 Å². The largest absolute Gasteiger partial charge is 0.448 e. The van der Waals surface area contributed by atoms with E-state index in [4.69, 9.17) is 24.0 Å². The lowest BCUT2D eigenvalue weighted by Gasteiger charge is -2.58. The molecule has 4 N–H and O–H groups in total. The summed E-state index contributed by atoms with van der Waals surface area (Å²) >= 11 is 0. The van der Waals surface area contributed by atoms with E-state index in [1.165, 1.54) is 0 Å². The Balaban J connectivity index is 1.49. The number of aliphatic imine (C=N–C) groups is 1. The molecule has 5 heterocycles. The molecule has 10 nitrogen and oxygen atoms in total. The lowest BCUT2D eigenvalue weighted by molar-refractivity contribution is -0.557. The molecule has 1 aliphatic carbocycles. The van der Waals surface area contributed by atoms with Crippen molar-refractivity contribution in [2.75, 3.05) is 6.61 Å². The topological polar surface area (TPSA) is 139 Å². The van der Waals surface area contributed by atoms with Crippen molar-refractivity contribution >= 4 is 5.90 Å². The third-order valence-corrected chi connectivity index (χ3v) is 8.14. The van der Waals surface area contributed by atoms with Crippen LogP contribution in [0, 0.1) is 23.7 Å². The van der Waals surface area contributed by atoms with Crippen LogP contribution in [-0.2, 0) is 24.0 Å². The molecule has 12 atom stereocenters. The van der Waals surface area contributed by atoms with Gasteiger partial charge in [-0.15, -0.1) is 0 Å². The Morgan fingerprint density at radius 3 is 2.55 bits per heavy atom. The molecule has 0 radical (unpaired) electrons. The van der Waals surface area contributed by atoms with Gasteiger partial charge in [0.2, 0.25) is 12.1 Å². The maximum Gasteiger partial charge on any atom is 0.237 e. The first kappa shape index (κ1) is 22.0. The summed E-state index contributed by atoms with van der Waals surface area (Å²) in [4.78, 5) is 16.4. The molecule has 5 aliphatic heterocycles. The van der Waals surface area contributed by atoms with Crippen LogP contribution in [0.2, 0.25) is 0 Å². The van der Waals surface area contributed by atoms with Gasteiger partial charge in [-0.25, -0.2) is 14.8 Å². The van der Waals surface area contributed by atoms with Crippen LogP contribution in [0.15, 0.2) is 4.99 Å². The van der Waals surface area contributed by atoms with E-state index in [1.54, 1.807) is 0 Å². The van der Waals surface area contributed by atoms with Crippen LogP contribution in [0.5, 0.6) is 0 Å². The van der Waals surface area contributed by atoms with Gasteiger partial charge in [0.25, 0.3) is 0 Å². The molecular formula is C21H33NO9. The van der Waals surface area contributed by atoms with E-state index >= 15 is 0 Å². The minimum atomic E-state index is -1.49. The molecule has 6 fully saturated rings. The highest BCUT2D eigenvalue weighted by molar-refractivity contribution is 5.80. The highest BCUT2D eigenvalue weighted by atomic mass is 17.3. The van der Waals surface area contributed by atoms with Crippen molar-refractivity contribution in [3.63, 3.8) is 0 Å². The zero-order valence-electron chi connectivity index (χ0n) is 18.1. The Kier molecular flexibility index (Phi) is 5.38. The van der Waals surface area contributed by atoms with Crippen LogP contribution in [0.1, 0.15) is 46.5 Å². The summed E-state index contributed by atoms with van der Waals surface area (Å²) in [6.45, 7) is 5.53. The van der Waals surface area contributed by atoms with Gasteiger partial charge in [0.1, 0.15) is 24.4 Å². The Bertz CT molecular complexity index is 736. The van der Waals surface area contributed by atoms with Crippen molar-refractivity contribution in [3.8, 4) is 0 Å². The molecule has 31 heavy (non-hydrogen) atoms. The fourth-order valence-electron chi connectivity index (χ4n) is 6.29. The van der Waals surface area contributed by atoms with E-state index in [0.717, 1.165) is 19.3 Å². The number of aliphatic hydroxyl groups is 4. The Morgan fingerprint density at radius 1 is 1.03 bits per heavy atom. The van der Waals surface area contributed by atoms with Gasteiger partial charge in [-0.05, 0) is 32.1 Å². The maximum absolute atomic E-state index is 10.5. The first-order valence-electron chi connectivity index (χ1n) is 11.3. The summed E-state index contributed by atoms with van der Waals surface area (Å²) in [6, 6.07) is -1.15. The number of aliphatic hydroxyl groups excluding tert-OH is 4. The molecule has 0 amide bonds. The highest BCUT2D eigenvalue weighted by Crippen LogP contribution is 2.59. The average molecular weight is 443 g/mol. The summed E-state index contributed by atoms with van der Waals surface area (Å²) in [7, 11) is 0. The van der Waals surface area contributed by atoms with Crippen molar-refractivity contribution in [1.82, 2.24) is 0 Å². The SMILES string of the molecule is C[C@@H]1CCC2[C@@H](C)/C(=N/C3[C@H](O)O[C@@H](CO)[C@H](O)[C@H]3O)O[C@@H]3O[C@]4(C)CCC1[C@@]23OO4. The van der Waals surface area contributed by atoms with Crippen molar-refractivity contribution < 1.29 is 44.4 Å². The summed E-state index contributed by atoms with van der Waals surface area (Å²) in [5.41, 5.74) is -0.742. The molecule has 3 unspecified atom stereocenters. The second-order valence-electron chi connectivity index (χ2n) is 10.0. The smallest absolute Gasteiger partial charge is 0.237 e. The lowest BCUT2D eigenvalue weighted by Crippen LogP contribution is -2.70. The predicted molar refractivity (Wildman–Crippen MR) is 104 cm³/mol. The minimum Gasteiger partial charge on any atom is -0.448 e. The summed E-state index contributed by atoms with van der Waals surface area (Å²) in [6.07, 6.45) is -2.57. The molecule has 6 rings (SSSR count). The van der Waals surface area contributed by atoms with Gasteiger partial charge in [0.05, 0.1) is 6.61 Å². The summed E-state index contributed by atoms with van der Waals surface area (Å²) in [5.74, 6) is -0.112. The molecule has 5 saturated heterocycles. The van der Waals surface area contributed by atoms with Gasteiger partial charge in [0.15, 0.2) is 17.8 Å². The standard InChI is InChI=1S/C21H33NO9/c1-9-4-5-12-10(2)17(22-14-16(25)15(24)13(8-23)27-18(14)26)28-19-21(12)11(9)6-7-20(3,29-19)30-31-21/h9-16,18-19,23-26H,4-8H2,1-3H3/b22-17-/t9-,10-,11?,12?,13+,14?,15+,16+,18-,19-,20+,21-/m1/s1. The van der Waals surface area contributed by atoms with E-state index in [0.29, 0.717) is 18.2 Å². The molecular weight excluding hydrogens is 410 g/mol. The highest BCUT2D eigenvalue weighted by Gasteiger charge is 2.69. The Labute approximate surface area is 181 Å². The van der Waals surface area contributed by atoms with Crippen LogP contribution >= 0.6 is 0 Å². The van der Waals surface area contributed by atoms with Crippen molar-refractivity contribution in [3.05, 3.63) is 0 Å². The predicted octanol–water partition coefficient (Wildman–Crippen LogP) is 0.0667. The molecule has 6 aliphatic rings. The number of fused-ring (bicyclic) bond motifs is 2. The van der Waals surface area contributed by atoms with Gasteiger partial charge < -0.3 is 34.6 Å². The van der Waals surface area contributed by atoms with Gasteiger partial charge in [0, 0.05) is 24.2 Å². The van der Waals surface area contributed by atoms with Crippen LogP contribution in [0.3, 0.4) is 0 Å². The fraction of sp³-hybridized carbons (Fsp3) is 0.952. The number of nitrogens with zero attached hydrogens (tertiary/aromatic N) is 1. The number of hydrogen-bond donors (Lipinski definition) is 4. The van der Waals surface area contributed by atoms with E-state index < -0.39 is 54.9 Å². The first-order valence-corrected chi connectivity index (χ1v) is 11.3. The van der Waals surface area contributed by atoms with E-state index in [1.807, 2.05) is 13.8 Å². The molecule has 0 aromatic heterocycles. The zero-order valence-corrected chi connectivity index (χ0v) is 18.1. The number of ether oxygens (including phenoxy) is 3. The molecule has 0 aromatic rings. The normalized spacial score (nSPS) is 57.8. The average Bonchev–Trinajstić information content (AvgIpc) is 2.97. The molecule has 2 bridgehead atoms. The van der Waals surface area contributed by atoms with Crippen LogP contribution in [-0.4, -0.2) is 81.3 Å². The van der Waals surface area contributed by atoms with E-state index in [2.05, 4.69) is 11.9 Å². The Morgan fingerprint density at radius 2 is 1.81 bits per heavy atom. The van der Waals surface area contributed by atoms with E-state index in [9.17, 15) is 20.4 Å². The monoisotopic (exact) mass is 443 g/mol. The Hall–Kier alpha value is -0.850. The molecule has 0 aromatic carbocycles. The second kappa shape index (κ2) is 7.59. The van der Waals surface area contributed by atoms with Crippen LogP contribution in [0.4, 0.5) is 0 Å². The molecule has 1 saturated carbocycles. The van der Waals surface area contributed by atoms with Gasteiger partial charge >= 0.3 is 0 Å². The number of rotatable bonds is 2. The lowest BCUT2D eigenvalue weighted by atomic mass is 9.58. The van der Waals surface area contributed by atoms with Gasteiger partial charge in [-0.3, -0.25) is 0 Å². The van der Waals surface area contributed by atoms with Crippen molar-refractivity contribution in [2.24, 2.45) is 28.7 Å². The van der Waals surface area contributed by atoms with Crippen molar-refractivity contribution in [1.29, 1.82) is 0 Å². The van der Waals surface area contributed by atoms with Crippen LogP contribution < -0.4 is 0 Å². The van der Waals surface area contributed by atoms with Gasteiger partial charge in [-0.2, -0.15) is 0 Å². The second-order valence-corrected chi connectivity index (χ2v) is 10.0. The summed E-state index contributed by atoms with van der Waals surface area (Å²) < 4.78 is 17.8. The summed E-state index contributed by atoms with van der Waals surface area (Å²) in [5, 5.41) is 40.4.